The van der Waals surface area contributed by atoms with Crippen LogP contribution in [-0.2, 0) is 0 Å². The van der Waals surface area contributed by atoms with E-state index < -0.39 is 0 Å². The van der Waals surface area contributed by atoms with E-state index in [0.717, 1.165) is 69.7 Å². The molecule has 0 spiro atoms. The number of nitrogens with one attached hydrogen (secondary N) is 1. The molecule has 0 saturated carbocycles. The molecule has 3 rings (SSSR count). The highest BCUT2D eigenvalue weighted by molar-refractivity contribution is 5.55. The summed E-state index contributed by atoms with van der Waals surface area (Å²) in [5.41, 5.74) is 5.55. The van der Waals surface area contributed by atoms with Crippen molar-refractivity contribution in [1.29, 1.82) is 0 Å². The van der Waals surface area contributed by atoms with Gasteiger partial charge in [-0.05, 0) is 45.1 Å². The van der Waals surface area contributed by atoms with E-state index in [1.165, 1.54) is 32.1 Å². The van der Waals surface area contributed by atoms with Gasteiger partial charge in [0, 0.05) is 38.8 Å². The Kier molecular flexibility index (Phi) is 5.91. The molecule has 0 aliphatic carbocycles. The van der Waals surface area contributed by atoms with Gasteiger partial charge >= 0.3 is 0 Å². The first-order valence-electron chi connectivity index (χ1n) is 9.20. The van der Waals surface area contributed by atoms with Crippen LogP contribution in [0.3, 0.4) is 0 Å². The fourth-order valence-corrected chi connectivity index (χ4v) is 3.34. The zero-order valence-electron chi connectivity index (χ0n) is 14.1. The minimum Gasteiger partial charge on any atom is -0.370 e. The lowest BCUT2D eigenvalue weighted by molar-refractivity contribution is 0.706. The van der Waals surface area contributed by atoms with Crippen LogP contribution in [0.25, 0.3) is 0 Å². The summed E-state index contributed by atoms with van der Waals surface area (Å²) in [7, 11) is 0. The van der Waals surface area contributed by atoms with Crippen molar-refractivity contribution in [2.45, 2.75) is 44.9 Å². The van der Waals surface area contributed by atoms with E-state index in [2.05, 4.69) is 21.2 Å². The van der Waals surface area contributed by atoms with Crippen LogP contribution in [0.5, 0.6) is 0 Å². The Hall–Kier alpha value is -1.56. The molecule has 1 aromatic heterocycles. The summed E-state index contributed by atoms with van der Waals surface area (Å²) in [6.45, 7) is 6.14. The molecular formula is C17H30N6. The van der Waals surface area contributed by atoms with Gasteiger partial charge in [0.05, 0.1) is 0 Å². The first-order valence-corrected chi connectivity index (χ1v) is 9.20. The van der Waals surface area contributed by atoms with Crippen LogP contribution in [0, 0.1) is 0 Å². The Bertz CT molecular complexity index is 446. The van der Waals surface area contributed by atoms with Gasteiger partial charge in [-0.3, -0.25) is 0 Å². The van der Waals surface area contributed by atoms with Crippen LogP contribution in [0.2, 0.25) is 0 Å². The Morgan fingerprint density at radius 2 is 1.61 bits per heavy atom. The topological polar surface area (TPSA) is 70.3 Å². The van der Waals surface area contributed by atoms with Crippen molar-refractivity contribution in [3.8, 4) is 0 Å². The zero-order chi connectivity index (χ0) is 15.9. The van der Waals surface area contributed by atoms with Gasteiger partial charge in [-0.15, -0.1) is 0 Å². The van der Waals surface area contributed by atoms with Crippen molar-refractivity contribution in [1.82, 2.24) is 9.97 Å². The largest absolute Gasteiger partial charge is 0.370 e. The second-order valence-corrected chi connectivity index (χ2v) is 6.58. The van der Waals surface area contributed by atoms with E-state index in [9.17, 15) is 0 Å². The number of nitrogens with two attached hydrogens (primary N) is 1. The molecule has 0 amide bonds. The number of nitrogens with zero attached hydrogens (tertiary/aromatic N) is 4. The molecular weight excluding hydrogens is 288 g/mol. The van der Waals surface area contributed by atoms with Crippen molar-refractivity contribution in [3.05, 3.63) is 6.07 Å². The highest BCUT2D eigenvalue weighted by Crippen LogP contribution is 2.25. The molecule has 1 aromatic rings. The first-order chi connectivity index (χ1) is 11.4. The molecule has 3 heterocycles. The van der Waals surface area contributed by atoms with Crippen molar-refractivity contribution >= 4 is 17.6 Å². The lowest BCUT2D eigenvalue weighted by Gasteiger charge is -2.22. The van der Waals surface area contributed by atoms with Crippen LogP contribution in [0.4, 0.5) is 17.6 Å². The SMILES string of the molecule is NCCCCCNc1cc(N2CCCC2)nc(N2CCCC2)n1. The van der Waals surface area contributed by atoms with Gasteiger partial charge in [-0.25, -0.2) is 0 Å². The molecule has 2 fully saturated rings. The van der Waals surface area contributed by atoms with Gasteiger partial charge in [0.25, 0.3) is 0 Å². The van der Waals surface area contributed by atoms with Crippen LogP contribution < -0.4 is 20.9 Å². The molecule has 2 aliphatic rings. The van der Waals surface area contributed by atoms with E-state index in [4.69, 9.17) is 15.7 Å². The first kappa shape index (κ1) is 16.3. The minimum absolute atomic E-state index is 0.783. The summed E-state index contributed by atoms with van der Waals surface area (Å²) >= 11 is 0. The van der Waals surface area contributed by atoms with Crippen molar-refractivity contribution in [3.63, 3.8) is 0 Å². The van der Waals surface area contributed by atoms with Gasteiger partial charge in [0.2, 0.25) is 5.95 Å². The Labute approximate surface area is 139 Å². The normalized spacial score (nSPS) is 18.0. The number of rotatable bonds is 8. The van der Waals surface area contributed by atoms with E-state index in [1.54, 1.807) is 0 Å². The zero-order valence-corrected chi connectivity index (χ0v) is 14.1. The molecule has 2 aliphatic heterocycles. The fraction of sp³-hybridized carbons (Fsp3) is 0.765. The second-order valence-electron chi connectivity index (χ2n) is 6.58. The lowest BCUT2D eigenvalue weighted by Crippen LogP contribution is -2.24. The predicted molar refractivity (Wildman–Crippen MR) is 96.3 cm³/mol. The summed E-state index contributed by atoms with van der Waals surface area (Å²) in [6.07, 6.45) is 8.45. The number of hydrogen-bond acceptors (Lipinski definition) is 6. The molecule has 0 radical (unpaired) electrons. The fourth-order valence-electron chi connectivity index (χ4n) is 3.34. The van der Waals surface area contributed by atoms with Gasteiger partial charge in [0.15, 0.2) is 0 Å². The maximum atomic E-state index is 5.55. The third-order valence-electron chi connectivity index (χ3n) is 4.71. The standard InChI is InChI=1S/C17H30N6/c18-8-2-1-3-9-19-15-14-16(22-10-4-5-11-22)21-17(20-15)23-12-6-7-13-23/h14H,1-13,18H2,(H,19,20,21). The minimum atomic E-state index is 0.783. The maximum absolute atomic E-state index is 5.55. The van der Waals surface area contributed by atoms with Crippen molar-refractivity contribution < 1.29 is 0 Å². The van der Waals surface area contributed by atoms with Crippen LogP contribution in [0.1, 0.15) is 44.9 Å². The summed E-state index contributed by atoms with van der Waals surface area (Å²) in [4.78, 5) is 14.3. The average molecular weight is 318 g/mol. The number of aromatic nitrogens is 2. The van der Waals surface area contributed by atoms with Crippen LogP contribution in [-0.4, -0.2) is 49.2 Å². The van der Waals surface area contributed by atoms with Gasteiger partial charge in [0.1, 0.15) is 11.6 Å². The summed E-state index contributed by atoms with van der Waals surface area (Å²) in [5.74, 6) is 2.96. The summed E-state index contributed by atoms with van der Waals surface area (Å²) in [5, 5.41) is 3.49. The molecule has 3 N–H and O–H groups in total. The van der Waals surface area contributed by atoms with E-state index in [0.29, 0.717) is 0 Å². The molecule has 0 unspecified atom stereocenters. The average Bonchev–Trinajstić information content (AvgIpc) is 3.28. The number of anilines is 3. The summed E-state index contributed by atoms with van der Waals surface area (Å²) < 4.78 is 0. The predicted octanol–water partition coefficient (Wildman–Crippen LogP) is 2.22. The Morgan fingerprint density at radius 3 is 2.30 bits per heavy atom. The van der Waals surface area contributed by atoms with Crippen molar-refractivity contribution in [2.24, 2.45) is 5.73 Å². The van der Waals surface area contributed by atoms with E-state index >= 15 is 0 Å². The molecule has 0 aromatic carbocycles. The Morgan fingerprint density at radius 1 is 0.913 bits per heavy atom. The van der Waals surface area contributed by atoms with Gasteiger partial charge in [-0.2, -0.15) is 9.97 Å². The quantitative estimate of drug-likeness (QED) is 0.716. The van der Waals surface area contributed by atoms with Gasteiger partial charge < -0.3 is 20.9 Å². The Balaban J connectivity index is 1.68. The number of hydrogen-bond donors (Lipinski definition) is 2. The number of unbranched alkanes of at least 4 members (excludes halogenated alkanes) is 2. The smallest absolute Gasteiger partial charge is 0.229 e. The van der Waals surface area contributed by atoms with E-state index in [1.807, 2.05) is 0 Å². The molecule has 23 heavy (non-hydrogen) atoms. The lowest BCUT2D eigenvalue weighted by atomic mass is 10.2. The van der Waals surface area contributed by atoms with E-state index in [-0.39, 0.29) is 0 Å². The third-order valence-corrected chi connectivity index (χ3v) is 4.71. The summed E-state index contributed by atoms with van der Waals surface area (Å²) in [6, 6.07) is 2.12. The van der Waals surface area contributed by atoms with Crippen LogP contribution >= 0.6 is 0 Å². The molecule has 6 nitrogen and oxygen atoms in total. The maximum Gasteiger partial charge on any atom is 0.229 e. The highest BCUT2D eigenvalue weighted by atomic mass is 15.3. The third kappa shape index (κ3) is 4.47. The van der Waals surface area contributed by atoms with Gasteiger partial charge in [-0.1, -0.05) is 6.42 Å². The molecule has 6 heteroatoms. The molecule has 2 saturated heterocycles. The van der Waals surface area contributed by atoms with Crippen molar-refractivity contribution in [2.75, 3.05) is 54.4 Å². The molecule has 128 valence electrons. The molecule has 0 bridgehead atoms. The second kappa shape index (κ2) is 8.34. The van der Waals surface area contributed by atoms with Crippen LogP contribution in [0.15, 0.2) is 6.07 Å². The molecule has 0 atom stereocenters. The monoisotopic (exact) mass is 318 g/mol. The highest BCUT2D eigenvalue weighted by Gasteiger charge is 2.20.